The van der Waals surface area contributed by atoms with Gasteiger partial charge in [0.15, 0.2) is 5.78 Å². The molecule has 2 aromatic carbocycles. The highest BCUT2D eigenvalue weighted by molar-refractivity contribution is 5.96. The molecule has 2 saturated carbocycles. The van der Waals surface area contributed by atoms with Gasteiger partial charge in [0.1, 0.15) is 34.2 Å². The Morgan fingerprint density at radius 1 is 0.638 bits per heavy atom. The normalized spacial score (nSPS) is 23.8. The molecular weight excluding hydrogens is 859 g/mol. The van der Waals surface area contributed by atoms with E-state index >= 15 is 0 Å². The van der Waals surface area contributed by atoms with E-state index in [1.165, 1.54) is 103 Å². The number of benzene rings is 2. The number of unbranched alkanes of at least 4 members (excludes halogenated alkanes) is 6. The van der Waals surface area contributed by atoms with Crippen molar-refractivity contribution in [3.05, 3.63) is 69.8 Å². The van der Waals surface area contributed by atoms with Crippen molar-refractivity contribution in [1.82, 2.24) is 0 Å². The SMILES string of the molecule is CCCCCCC(C)(C)c1cc(O)c2c(c1)OC(C)(C)[C@@H]1CC=C(C(=O)CC3CCCC3)C[C@@H]21.CCCCCCC(C)(C)c1cc(O)c2c(c1)OC(C)(C)[C@@H]1CC=C(C(=O)O)C[C@@H]21.NC1CCCC1. The molecule has 0 saturated heterocycles. The predicted molar refractivity (Wildman–Crippen MR) is 282 cm³/mol. The largest absolute Gasteiger partial charge is 0.508 e. The molecule has 8 nitrogen and oxygen atoms in total. The Morgan fingerprint density at radius 2 is 1.06 bits per heavy atom. The highest BCUT2D eigenvalue weighted by Gasteiger charge is 2.49. The van der Waals surface area contributed by atoms with Crippen molar-refractivity contribution in [2.75, 3.05) is 0 Å². The number of carboxylic acid groups (broad SMARTS) is 1. The number of Topliss-reactive ketones (excluding diaryl/α,β-unsaturated/α-hetero) is 1. The summed E-state index contributed by atoms with van der Waals surface area (Å²) in [6.07, 6.45) is 29.6. The third-order valence-electron chi connectivity index (χ3n) is 17.5. The van der Waals surface area contributed by atoms with Crippen LogP contribution in [0.3, 0.4) is 0 Å². The fourth-order valence-corrected chi connectivity index (χ4v) is 12.8. The molecule has 4 atom stereocenters. The average molecular weight is 952 g/mol. The lowest BCUT2D eigenvalue weighted by Gasteiger charge is -2.47. The molecule has 0 bridgehead atoms. The molecule has 2 aromatic rings. The van der Waals surface area contributed by atoms with E-state index < -0.39 is 11.6 Å². The molecule has 69 heavy (non-hydrogen) atoms. The van der Waals surface area contributed by atoms with E-state index in [9.17, 15) is 24.9 Å². The van der Waals surface area contributed by atoms with Crippen molar-refractivity contribution in [3.63, 3.8) is 0 Å². The lowest BCUT2D eigenvalue weighted by Crippen LogP contribution is -2.46. The summed E-state index contributed by atoms with van der Waals surface area (Å²) >= 11 is 0. The first-order valence-electron chi connectivity index (χ1n) is 27.6. The number of ether oxygens (including phenoxy) is 2. The van der Waals surface area contributed by atoms with Gasteiger partial charge in [0, 0.05) is 52.8 Å². The second-order valence-corrected chi connectivity index (χ2v) is 24.5. The van der Waals surface area contributed by atoms with Gasteiger partial charge in [-0.15, -0.1) is 0 Å². The summed E-state index contributed by atoms with van der Waals surface area (Å²) in [4.78, 5) is 24.7. The van der Waals surface area contributed by atoms with Crippen molar-refractivity contribution >= 4 is 11.8 Å². The number of phenolic OH excluding ortho intramolecular Hbond substituents is 2. The van der Waals surface area contributed by atoms with Gasteiger partial charge in [-0.2, -0.15) is 0 Å². The van der Waals surface area contributed by atoms with Crippen molar-refractivity contribution in [1.29, 1.82) is 0 Å². The standard InChI is InChI=1S/C31H46O3.C25H36O4.C5H11N/c1-6-7-8-11-16-30(2,3)23-19-27(33)29-24-18-22(26(32)17-21-12-9-10-13-21)14-15-25(24)31(4,5)34-28(29)20-23;1-6-7-8-9-12-24(2,3)17-14-20(26)22-18-13-16(23(27)28)10-11-19(18)25(4,5)29-21(22)15-17;6-5-3-1-2-4-5/h14,19-21,24-25,33H,6-13,15-18H2,1-5H3;10,14-15,18-19,26H,6-9,11-13H2,1-5H3,(H,27,28);5H,1-4,6H2/t24-,25-;18-,19-;/m11./s1. The molecule has 0 radical (unpaired) electrons. The number of carboxylic acids is 1. The summed E-state index contributed by atoms with van der Waals surface area (Å²) in [5.41, 5.74) is 10.1. The molecule has 2 aliphatic heterocycles. The van der Waals surface area contributed by atoms with Crippen LogP contribution in [0.1, 0.15) is 251 Å². The van der Waals surface area contributed by atoms with Crippen molar-refractivity contribution in [3.8, 4) is 23.0 Å². The average Bonchev–Trinajstić information content (AvgIpc) is 4.00. The molecule has 384 valence electrons. The zero-order valence-electron chi connectivity index (χ0n) is 44.7. The van der Waals surface area contributed by atoms with Crippen LogP contribution in [-0.4, -0.2) is 44.3 Å². The van der Waals surface area contributed by atoms with Gasteiger partial charge in [0.05, 0.1) is 0 Å². The van der Waals surface area contributed by atoms with Crippen LogP contribution in [0.4, 0.5) is 0 Å². The molecule has 2 heterocycles. The van der Waals surface area contributed by atoms with Crippen LogP contribution in [0.2, 0.25) is 0 Å². The second-order valence-electron chi connectivity index (χ2n) is 24.5. The molecule has 0 unspecified atom stereocenters. The number of hydrogen-bond acceptors (Lipinski definition) is 7. The molecule has 0 aromatic heterocycles. The van der Waals surface area contributed by atoms with Crippen LogP contribution in [0.25, 0.3) is 0 Å². The minimum atomic E-state index is -0.862. The van der Waals surface area contributed by atoms with E-state index in [4.69, 9.17) is 15.2 Å². The van der Waals surface area contributed by atoms with E-state index in [1.54, 1.807) is 0 Å². The number of aliphatic carboxylic acids is 1. The lowest BCUT2D eigenvalue weighted by molar-refractivity contribution is -0.133. The highest BCUT2D eigenvalue weighted by atomic mass is 16.5. The zero-order valence-corrected chi connectivity index (χ0v) is 44.7. The summed E-state index contributed by atoms with van der Waals surface area (Å²) < 4.78 is 13.0. The van der Waals surface area contributed by atoms with Crippen LogP contribution >= 0.6 is 0 Å². The van der Waals surface area contributed by atoms with Crippen molar-refractivity contribution in [2.45, 2.75) is 257 Å². The van der Waals surface area contributed by atoms with Crippen molar-refractivity contribution in [2.24, 2.45) is 23.5 Å². The number of fused-ring (bicyclic) bond motifs is 6. The van der Waals surface area contributed by atoms with E-state index in [2.05, 4.69) is 87.4 Å². The van der Waals surface area contributed by atoms with E-state index in [0.29, 0.717) is 48.3 Å². The number of ketones is 1. The third-order valence-corrected chi connectivity index (χ3v) is 17.5. The van der Waals surface area contributed by atoms with Gasteiger partial charge < -0.3 is 30.5 Å². The zero-order chi connectivity index (χ0) is 50.3. The maximum Gasteiger partial charge on any atom is 0.331 e. The predicted octanol–water partition coefficient (Wildman–Crippen LogP) is 15.6. The molecule has 0 amide bonds. The quantitative estimate of drug-likeness (QED) is 0.122. The first-order valence-corrected chi connectivity index (χ1v) is 27.6. The molecule has 8 rings (SSSR count). The Hall–Kier alpha value is -3.78. The van der Waals surface area contributed by atoms with Gasteiger partial charge >= 0.3 is 5.97 Å². The molecule has 6 aliphatic rings. The Kier molecular flexibility index (Phi) is 18.3. The molecule has 2 fully saturated rings. The van der Waals surface area contributed by atoms with Gasteiger partial charge in [-0.1, -0.05) is 144 Å². The maximum absolute atomic E-state index is 13.2. The van der Waals surface area contributed by atoms with Gasteiger partial charge in [-0.3, -0.25) is 4.79 Å². The Bertz CT molecular complexity index is 2130. The van der Waals surface area contributed by atoms with E-state index in [0.717, 1.165) is 65.0 Å². The minimum Gasteiger partial charge on any atom is -0.508 e. The van der Waals surface area contributed by atoms with Gasteiger partial charge in [0.25, 0.3) is 0 Å². The van der Waals surface area contributed by atoms with Crippen LogP contribution in [-0.2, 0) is 20.4 Å². The molecular formula is C61H93NO7. The molecule has 5 N–H and O–H groups in total. The molecule has 8 heteroatoms. The number of phenols is 2. The van der Waals surface area contributed by atoms with Crippen LogP contribution in [0.15, 0.2) is 47.6 Å². The number of aromatic hydroxyl groups is 2. The molecule has 0 spiro atoms. The minimum absolute atomic E-state index is 0.0144. The van der Waals surface area contributed by atoms with Gasteiger partial charge in [-0.25, -0.2) is 4.79 Å². The van der Waals surface area contributed by atoms with Gasteiger partial charge in [-0.05, 0) is 137 Å². The third kappa shape index (κ3) is 13.4. The number of nitrogens with two attached hydrogens (primary N) is 1. The first kappa shape index (κ1) is 54.6. The van der Waals surface area contributed by atoms with Gasteiger partial charge in [0.2, 0.25) is 0 Å². The fourth-order valence-electron chi connectivity index (χ4n) is 12.8. The monoisotopic (exact) mass is 952 g/mol. The maximum atomic E-state index is 13.2. The smallest absolute Gasteiger partial charge is 0.331 e. The van der Waals surface area contributed by atoms with Crippen LogP contribution < -0.4 is 15.2 Å². The van der Waals surface area contributed by atoms with E-state index in [-0.39, 0.29) is 45.9 Å². The highest BCUT2D eigenvalue weighted by Crippen LogP contribution is 2.57. The number of carbonyl (C=O) groups excluding carboxylic acids is 1. The van der Waals surface area contributed by atoms with E-state index in [1.807, 2.05) is 18.2 Å². The number of allylic oxidation sites excluding steroid dienone is 3. The number of carbonyl (C=O) groups is 2. The first-order chi connectivity index (χ1) is 32.6. The number of hydrogen-bond donors (Lipinski definition) is 4. The second kappa shape index (κ2) is 23.2. The summed E-state index contributed by atoms with van der Waals surface area (Å²) in [6.45, 7) is 22.0. The summed E-state index contributed by atoms with van der Waals surface area (Å²) in [5, 5.41) is 31.8. The summed E-state index contributed by atoms with van der Waals surface area (Å²) in [7, 11) is 0. The van der Waals surface area contributed by atoms with Crippen molar-refractivity contribution < 1.29 is 34.4 Å². The Labute approximate surface area is 417 Å². The number of rotatable bonds is 16. The Balaban J connectivity index is 0.000000204. The summed E-state index contributed by atoms with van der Waals surface area (Å²) in [6, 6.07) is 8.69. The Morgan fingerprint density at radius 3 is 1.46 bits per heavy atom. The molecule has 4 aliphatic carbocycles. The summed E-state index contributed by atoms with van der Waals surface area (Å²) in [5.74, 6) is 2.70. The fraction of sp³-hybridized carbons (Fsp3) is 0.705. The topological polar surface area (TPSA) is 139 Å². The lowest BCUT2D eigenvalue weighted by atomic mass is 9.66. The van der Waals surface area contributed by atoms with Crippen LogP contribution in [0, 0.1) is 17.8 Å². The van der Waals surface area contributed by atoms with Crippen LogP contribution in [0.5, 0.6) is 23.0 Å².